The van der Waals surface area contributed by atoms with E-state index in [1.54, 1.807) is 48.7 Å². The molecule has 0 aliphatic rings. The van der Waals surface area contributed by atoms with E-state index in [9.17, 15) is 13.2 Å². The maximum atomic E-state index is 12.4. The number of aromatic nitrogens is 2. The fraction of sp³-hybridized carbons (Fsp3) is 0.136. The monoisotopic (exact) mass is 436 g/mol. The summed E-state index contributed by atoms with van der Waals surface area (Å²) >= 11 is 0. The Bertz CT molecular complexity index is 1330. The molecule has 4 aromatic rings. The van der Waals surface area contributed by atoms with E-state index >= 15 is 0 Å². The SMILES string of the molecule is CS(=O)(=O)c1ccc2ncnc(NCc3cccc(C(=O)NCc4ccco4)c3)c2c1. The number of nitrogens with one attached hydrogen (secondary N) is 2. The molecule has 31 heavy (non-hydrogen) atoms. The third kappa shape index (κ3) is 4.89. The largest absolute Gasteiger partial charge is 0.467 e. The van der Waals surface area contributed by atoms with Crippen LogP contribution in [-0.4, -0.2) is 30.5 Å². The Labute approximate surface area is 179 Å². The van der Waals surface area contributed by atoms with Crippen molar-refractivity contribution in [1.82, 2.24) is 15.3 Å². The van der Waals surface area contributed by atoms with Crippen LogP contribution >= 0.6 is 0 Å². The first-order valence-corrected chi connectivity index (χ1v) is 11.4. The van der Waals surface area contributed by atoms with Gasteiger partial charge in [0.15, 0.2) is 9.84 Å². The summed E-state index contributed by atoms with van der Waals surface area (Å²) in [7, 11) is -3.35. The second-order valence-electron chi connectivity index (χ2n) is 6.99. The average Bonchev–Trinajstić information content (AvgIpc) is 3.29. The molecular formula is C22H20N4O4S. The predicted octanol–water partition coefficient (Wildman–Crippen LogP) is 3.17. The van der Waals surface area contributed by atoms with Crippen molar-refractivity contribution in [2.24, 2.45) is 0 Å². The van der Waals surface area contributed by atoms with Crippen LogP contribution in [-0.2, 0) is 22.9 Å². The average molecular weight is 436 g/mol. The molecule has 0 bridgehead atoms. The molecule has 0 aliphatic carbocycles. The Balaban J connectivity index is 1.50. The molecule has 1 amide bonds. The molecule has 9 heteroatoms. The third-order valence-corrected chi connectivity index (χ3v) is 5.80. The number of furan rings is 1. The summed E-state index contributed by atoms with van der Waals surface area (Å²) in [6.07, 6.45) is 4.14. The summed E-state index contributed by atoms with van der Waals surface area (Å²) in [5, 5.41) is 6.64. The Kier molecular flexibility index (Phi) is 5.68. The number of carbonyl (C=O) groups excluding carboxylic acids is 1. The Morgan fingerprint density at radius 1 is 1.03 bits per heavy atom. The van der Waals surface area contributed by atoms with Gasteiger partial charge in [-0.05, 0) is 48.0 Å². The fourth-order valence-electron chi connectivity index (χ4n) is 3.10. The molecule has 2 aromatic carbocycles. The minimum Gasteiger partial charge on any atom is -0.467 e. The van der Waals surface area contributed by atoms with Crippen molar-refractivity contribution in [2.45, 2.75) is 18.0 Å². The van der Waals surface area contributed by atoms with Gasteiger partial charge in [-0.25, -0.2) is 18.4 Å². The smallest absolute Gasteiger partial charge is 0.251 e. The number of hydrogen-bond acceptors (Lipinski definition) is 7. The summed E-state index contributed by atoms with van der Waals surface area (Å²) in [4.78, 5) is 21.1. The standard InChI is InChI=1S/C22H20N4O4S/c1-31(28,29)18-7-8-20-19(11-18)21(26-14-25-20)23-12-15-4-2-5-16(10-15)22(27)24-13-17-6-3-9-30-17/h2-11,14H,12-13H2,1H3,(H,24,27)(H,23,25,26). The lowest BCUT2D eigenvalue weighted by Crippen LogP contribution is -2.22. The topological polar surface area (TPSA) is 114 Å². The van der Waals surface area contributed by atoms with Gasteiger partial charge >= 0.3 is 0 Å². The zero-order chi connectivity index (χ0) is 21.8. The number of benzene rings is 2. The van der Waals surface area contributed by atoms with Crippen LogP contribution in [0.2, 0.25) is 0 Å². The summed E-state index contributed by atoms with van der Waals surface area (Å²) in [6.45, 7) is 0.707. The fourth-order valence-corrected chi connectivity index (χ4v) is 3.75. The van der Waals surface area contributed by atoms with Gasteiger partial charge in [0.2, 0.25) is 0 Å². The first-order valence-electron chi connectivity index (χ1n) is 9.48. The third-order valence-electron chi connectivity index (χ3n) is 4.69. The molecule has 2 N–H and O–H groups in total. The van der Waals surface area contributed by atoms with Crippen molar-refractivity contribution in [2.75, 3.05) is 11.6 Å². The van der Waals surface area contributed by atoms with E-state index in [1.807, 2.05) is 6.07 Å². The number of sulfone groups is 1. The maximum Gasteiger partial charge on any atom is 0.251 e. The van der Waals surface area contributed by atoms with E-state index in [1.165, 1.54) is 12.4 Å². The molecule has 0 saturated carbocycles. The minimum atomic E-state index is -3.35. The van der Waals surface area contributed by atoms with E-state index in [2.05, 4.69) is 20.6 Å². The van der Waals surface area contributed by atoms with Gasteiger partial charge in [0.1, 0.15) is 17.9 Å². The molecule has 158 valence electrons. The van der Waals surface area contributed by atoms with Gasteiger partial charge in [-0.15, -0.1) is 0 Å². The van der Waals surface area contributed by atoms with Crippen LogP contribution in [0.15, 0.2) is 76.5 Å². The highest BCUT2D eigenvalue weighted by atomic mass is 32.2. The predicted molar refractivity (Wildman–Crippen MR) is 116 cm³/mol. The second kappa shape index (κ2) is 8.57. The molecular weight excluding hydrogens is 416 g/mol. The van der Waals surface area contributed by atoms with Crippen LogP contribution in [0.25, 0.3) is 10.9 Å². The summed E-state index contributed by atoms with van der Waals surface area (Å²) < 4.78 is 29.0. The minimum absolute atomic E-state index is 0.202. The zero-order valence-corrected chi connectivity index (χ0v) is 17.5. The number of amides is 1. The number of carbonyl (C=O) groups is 1. The lowest BCUT2D eigenvalue weighted by molar-refractivity contribution is 0.0948. The maximum absolute atomic E-state index is 12.4. The van der Waals surface area contributed by atoms with Gasteiger partial charge in [-0.2, -0.15) is 0 Å². The molecule has 8 nitrogen and oxygen atoms in total. The molecule has 2 aromatic heterocycles. The van der Waals surface area contributed by atoms with Gasteiger partial charge in [0, 0.05) is 23.8 Å². The highest BCUT2D eigenvalue weighted by molar-refractivity contribution is 7.90. The molecule has 0 saturated heterocycles. The summed E-state index contributed by atoms with van der Waals surface area (Å²) in [5.74, 6) is 0.988. The molecule has 0 unspecified atom stereocenters. The number of anilines is 1. The first kappa shape index (κ1) is 20.5. The molecule has 0 fully saturated rings. The molecule has 0 radical (unpaired) electrons. The highest BCUT2D eigenvalue weighted by Gasteiger charge is 2.12. The van der Waals surface area contributed by atoms with Gasteiger partial charge in [0.25, 0.3) is 5.91 Å². The van der Waals surface area contributed by atoms with Crippen molar-refractivity contribution in [1.29, 1.82) is 0 Å². The van der Waals surface area contributed by atoms with E-state index in [0.717, 1.165) is 11.8 Å². The summed E-state index contributed by atoms with van der Waals surface area (Å²) in [5.41, 5.74) is 2.03. The van der Waals surface area contributed by atoms with Crippen LogP contribution in [0.3, 0.4) is 0 Å². The van der Waals surface area contributed by atoms with E-state index in [0.29, 0.717) is 41.1 Å². The number of fused-ring (bicyclic) bond motifs is 1. The van der Waals surface area contributed by atoms with Crippen molar-refractivity contribution in [3.63, 3.8) is 0 Å². The molecule has 0 spiro atoms. The van der Waals surface area contributed by atoms with E-state index in [4.69, 9.17) is 4.42 Å². The number of hydrogen-bond donors (Lipinski definition) is 2. The normalized spacial score (nSPS) is 11.4. The van der Waals surface area contributed by atoms with Crippen LogP contribution in [0.1, 0.15) is 21.7 Å². The van der Waals surface area contributed by atoms with Crippen LogP contribution < -0.4 is 10.6 Å². The van der Waals surface area contributed by atoms with Gasteiger partial charge < -0.3 is 15.1 Å². The first-order chi connectivity index (χ1) is 14.9. The van der Waals surface area contributed by atoms with E-state index in [-0.39, 0.29) is 10.8 Å². The second-order valence-corrected chi connectivity index (χ2v) is 9.01. The van der Waals surface area contributed by atoms with Crippen LogP contribution in [0.4, 0.5) is 5.82 Å². The van der Waals surface area contributed by atoms with Crippen molar-refractivity contribution >= 4 is 32.5 Å². The summed E-state index contributed by atoms with van der Waals surface area (Å²) in [6, 6.07) is 15.5. The Hall–Kier alpha value is -3.72. The molecule has 0 aliphatic heterocycles. The van der Waals surface area contributed by atoms with Gasteiger partial charge in [-0.3, -0.25) is 4.79 Å². The number of nitrogens with zero attached hydrogens (tertiary/aromatic N) is 2. The lowest BCUT2D eigenvalue weighted by Gasteiger charge is -2.10. The van der Waals surface area contributed by atoms with Crippen molar-refractivity contribution < 1.29 is 17.6 Å². The lowest BCUT2D eigenvalue weighted by atomic mass is 10.1. The molecule has 2 heterocycles. The quantitative estimate of drug-likeness (QED) is 0.457. The van der Waals surface area contributed by atoms with Gasteiger partial charge in [0.05, 0.1) is 23.2 Å². The number of rotatable bonds is 7. The van der Waals surface area contributed by atoms with Crippen LogP contribution in [0, 0.1) is 0 Å². The van der Waals surface area contributed by atoms with Gasteiger partial charge in [-0.1, -0.05) is 12.1 Å². The molecule has 0 atom stereocenters. The Morgan fingerprint density at radius 2 is 1.90 bits per heavy atom. The highest BCUT2D eigenvalue weighted by Crippen LogP contribution is 2.23. The zero-order valence-electron chi connectivity index (χ0n) is 16.7. The van der Waals surface area contributed by atoms with Crippen molar-refractivity contribution in [3.8, 4) is 0 Å². The van der Waals surface area contributed by atoms with E-state index < -0.39 is 9.84 Å². The Morgan fingerprint density at radius 3 is 2.68 bits per heavy atom. The van der Waals surface area contributed by atoms with Crippen molar-refractivity contribution in [3.05, 3.63) is 84.1 Å². The molecule has 4 rings (SSSR count). The van der Waals surface area contributed by atoms with Crippen LogP contribution in [0.5, 0.6) is 0 Å².